The summed E-state index contributed by atoms with van der Waals surface area (Å²) in [6.07, 6.45) is -0.454. The predicted octanol–water partition coefficient (Wildman–Crippen LogP) is 3.53. The average molecular weight is 295 g/mol. The Hall–Kier alpha value is -2.13. The molecule has 0 fully saturated rings. The zero-order chi connectivity index (χ0) is 15.7. The molecule has 0 aromatic heterocycles. The van der Waals surface area contributed by atoms with Crippen molar-refractivity contribution >= 4 is 5.91 Å². The van der Waals surface area contributed by atoms with Crippen molar-refractivity contribution in [3.63, 3.8) is 0 Å². The lowest BCUT2D eigenvalue weighted by molar-refractivity contribution is 0.0751. The second kappa shape index (κ2) is 5.93. The minimum Gasteiger partial charge on any atom is -0.388 e. The van der Waals surface area contributed by atoms with Crippen molar-refractivity contribution in [1.82, 2.24) is 4.90 Å². The molecule has 1 atom stereocenters. The Bertz CT molecular complexity index is 679. The van der Waals surface area contributed by atoms with Crippen molar-refractivity contribution in [2.24, 2.45) is 5.92 Å². The fourth-order valence-electron chi connectivity index (χ4n) is 2.89. The molecule has 0 saturated heterocycles. The minimum atomic E-state index is -0.454. The van der Waals surface area contributed by atoms with Gasteiger partial charge in [-0.3, -0.25) is 4.79 Å². The summed E-state index contributed by atoms with van der Waals surface area (Å²) < 4.78 is 0. The lowest BCUT2D eigenvalue weighted by Crippen LogP contribution is -2.25. The van der Waals surface area contributed by atoms with E-state index in [0.717, 1.165) is 16.7 Å². The van der Waals surface area contributed by atoms with Crippen LogP contribution >= 0.6 is 0 Å². The van der Waals surface area contributed by atoms with Gasteiger partial charge >= 0.3 is 0 Å². The monoisotopic (exact) mass is 295 g/mol. The molecule has 1 aliphatic heterocycles. The molecule has 1 aliphatic rings. The zero-order valence-corrected chi connectivity index (χ0v) is 13.0. The first-order chi connectivity index (χ1) is 10.6. The number of amides is 1. The van der Waals surface area contributed by atoms with Crippen LogP contribution in [0.3, 0.4) is 0 Å². The van der Waals surface area contributed by atoms with Crippen LogP contribution in [0.15, 0.2) is 48.5 Å². The number of carbonyl (C=O) groups excluding carboxylic acids is 1. The first-order valence-corrected chi connectivity index (χ1v) is 7.70. The van der Waals surface area contributed by atoms with Gasteiger partial charge in [0.2, 0.25) is 0 Å². The van der Waals surface area contributed by atoms with Crippen LogP contribution < -0.4 is 0 Å². The molecule has 1 N–H and O–H groups in total. The summed E-state index contributed by atoms with van der Waals surface area (Å²) in [5, 5.41) is 10.2. The Balaban J connectivity index is 1.80. The molecule has 3 rings (SSSR count). The highest BCUT2D eigenvalue weighted by molar-refractivity contribution is 5.94. The lowest BCUT2D eigenvalue weighted by Gasteiger charge is -2.16. The van der Waals surface area contributed by atoms with Crippen LogP contribution in [0.1, 0.15) is 47.0 Å². The average Bonchev–Trinajstić information content (AvgIpc) is 2.97. The number of hydrogen-bond acceptors (Lipinski definition) is 2. The smallest absolute Gasteiger partial charge is 0.254 e. The Morgan fingerprint density at radius 1 is 1.05 bits per heavy atom. The molecule has 114 valence electrons. The number of hydrogen-bond donors (Lipinski definition) is 1. The molecular formula is C19H21NO2. The van der Waals surface area contributed by atoms with Crippen LogP contribution in [-0.4, -0.2) is 15.9 Å². The number of aliphatic hydroxyl groups excluding tert-OH is 1. The van der Waals surface area contributed by atoms with Gasteiger partial charge in [-0.05, 0) is 34.7 Å². The standard InChI is InChI=1S/C19H21NO2/c1-13(2)18(21)15-8-9-16-11-20(12-17(16)10-15)19(22)14-6-4-3-5-7-14/h3-10,13,18,21H,11-12H2,1-2H3. The van der Waals surface area contributed by atoms with Gasteiger partial charge in [-0.2, -0.15) is 0 Å². The van der Waals surface area contributed by atoms with Gasteiger partial charge in [0.1, 0.15) is 0 Å². The zero-order valence-electron chi connectivity index (χ0n) is 13.0. The Labute approximate surface area is 131 Å². The summed E-state index contributed by atoms with van der Waals surface area (Å²) in [7, 11) is 0. The third-order valence-electron chi connectivity index (χ3n) is 4.23. The number of fused-ring (bicyclic) bond motifs is 1. The Morgan fingerprint density at radius 3 is 2.41 bits per heavy atom. The number of rotatable bonds is 3. The highest BCUT2D eigenvalue weighted by Crippen LogP contribution is 2.29. The van der Waals surface area contributed by atoms with Gasteiger partial charge in [-0.1, -0.05) is 50.2 Å². The van der Waals surface area contributed by atoms with E-state index in [1.807, 2.05) is 67.3 Å². The third kappa shape index (κ3) is 2.77. The van der Waals surface area contributed by atoms with Crippen LogP contribution in [0.4, 0.5) is 0 Å². The van der Waals surface area contributed by atoms with E-state index in [2.05, 4.69) is 0 Å². The van der Waals surface area contributed by atoms with Gasteiger partial charge in [0.25, 0.3) is 5.91 Å². The summed E-state index contributed by atoms with van der Waals surface area (Å²) in [5.41, 5.74) is 3.96. The fraction of sp³-hybridized carbons (Fsp3) is 0.316. The third-order valence-corrected chi connectivity index (χ3v) is 4.23. The highest BCUT2D eigenvalue weighted by atomic mass is 16.3. The fourth-order valence-corrected chi connectivity index (χ4v) is 2.89. The van der Waals surface area contributed by atoms with Crippen LogP contribution in [-0.2, 0) is 13.1 Å². The van der Waals surface area contributed by atoms with Crippen molar-refractivity contribution < 1.29 is 9.90 Å². The maximum absolute atomic E-state index is 12.5. The van der Waals surface area contributed by atoms with E-state index in [1.54, 1.807) is 0 Å². The molecule has 0 radical (unpaired) electrons. The lowest BCUT2D eigenvalue weighted by atomic mass is 9.96. The number of carbonyl (C=O) groups is 1. The molecular weight excluding hydrogens is 274 g/mol. The summed E-state index contributed by atoms with van der Waals surface area (Å²) in [4.78, 5) is 14.4. The van der Waals surface area contributed by atoms with Crippen LogP contribution in [0.5, 0.6) is 0 Å². The highest BCUT2D eigenvalue weighted by Gasteiger charge is 2.25. The molecule has 0 saturated carbocycles. The molecule has 0 bridgehead atoms. The number of benzene rings is 2. The molecule has 1 heterocycles. The topological polar surface area (TPSA) is 40.5 Å². The molecule has 0 spiro atoms. The van der Waals surface area contributed by atoms with Gasteiger partial charge in [-0.15, -0.1) is 0 Å². The van der Waals surface area contributed by atoms with Gasteiger partial charge in [0, 0.05) is 18.7 Å². The van der Waals surface area contributed by atoms with Gasteiger partial charge in [-0.25, -0.2) is 0 Å². The Morgan fingerprint density at radius 2 is 1.73 bits per heavy atom. The largest absolute Gasteiger partial charge is 0.388 e. The van der Waals surface area contributed by atoms with E-state index < -0.39 is 6.10 Å². The molecule has 3 heteroatoms. The van der Waals surface area contributed by atoms with Gasteiger partial charge in [0.05, 0.1) is 6.10 Å². The van der Waals surface area contributed by atoms with Crippen LogP contribution in [0.2, 0.25) is 0 Å². The van der Waals surface area contributed by atoms with Crippen LogP contribution in [0, 0.1) is 5.92 Å². The van der Waals surface area contributed by atoms with Crippen molar-refractivity contribution in [2.75, 3.05) is 0 Å². The summed E-state index contributed by atoms with van der Waals surface area (Å²) in [6, 6.07) is 15.4. The van der Waals surface area contributed by atoms with Crippen molar-refractivity contribution in [3.8, 4) is 0 Å². The van der Waals surface area contributed by atoms with Crippen molar-refractivity contribution in [1.29, 1.82) is 0 Å². The summed E-state index contributed by atoms with van der Waals surface area (Å²) in [5.74, 6) is 0.240. The van der Waals surface area contributed by atoms with Gasteiger partial charge in [0.15, 0.2) is 0 Å². The quantitative estimate of drug-likeness (QED) is 0.941. The van der Waals surface area contributed by atoms with E-state index in [9.17, 15) is 9.90 Å². The second-order valence-corrected chi connectivity index (χ2v) is 6.24. The number of nitrogens with zero attached hydrogens (tertiary/aromatic N) is 1. The summed E-state index contributed by atoms with van der Waals surface area (Å²) in [6.45, 7) is 5.26. The molecule has 1 unspecified atom stereocenters. The maximum Gasteiger partial charge on any atom is 0.254 e. The molecule has 1 amide bonds. The normalized spacial score (nSPS) is 15.0. The van der Waals surface area contributed by atoms with Crippen molar-refractivity contribution in [3.05, 3.63) is 70.8 Å². The van der Waals surface area contributed by atoms with Crippen LogP contribution in [0.25, 0.3) is 0 Å². The predicted molar refractivity (Wildman–Crippen MR) is 86.3 cm³/mol. The van der Waals surface area contributed by atoms with E-state index in [-0.39, 0.29) is 11.8 Å². The summed E-state index contributed by atoms with van der Waals surface area (Å²) >= 11 is 0. The molecule has 0 aliphatic carbocycles. The number of aliphatic hydroxyl groups is 1. The molecule has 3 nitrogen and oxygen atoms in total. The minimum absolute atomic E-state index is 0.0581. The first-order valence-electron chi connectivity index (χ1n) is 7.70. The van der Waals surface area contributed by atoms with Crippen molar-refractivity contribution in [2.45, 2.75) is 33.0 Å². The van der Waals surface area contributed by atoms with Gasteiger partial charge < -0.3 is 10.0 Å². The van der Waals surface area contributed by atoms with E-state index >= 15 is 0 Å². The second-order valence-electron chi connectivity index (χ2n) is 6.24. The molecule has 22 heavy (non-hydrogen) atoms. The SMILES string of the molecule is CC(C)C(O)c1ccc2c(c1)CN(C(=O)c1ccccc1)C2. The molecule has 2 aromatic rings. The van der Waals surface area contributed by atoms with E-state index in [0.29, 0.717) is 13.1 Å². The van der Waals surface area contributed by atoms with E-state index in [4.69, 9.17) is 0 Å². The van der Waals surface area contributed by atoms with E-state index in [1.165, 1.54) is 5.56 Å². The maximum atomic E-state index is 12.5. The molecule has 2 aromatic carbocycles. The first kappa shape index (κ1) is 14.8. The Kier molecular flexibility index (Phi) is 3.99.